The SMILES string of the molecule is O=C(CCNc1ccc(F)cc1)NCCc1ccccc1. The fraction of sp³-hybridized carbons (Fsp3) is 0.235. The predicted molar refractivity (Wildman–Crippen MR) is 82.7 cm³/mol. The Bertz CT molecular complexity index is 555. The van der Waals surface area contributed by atoms with E-state index in [2.05, 4.69) is 10.6 Å². The van der Waals surface area contributed by atoms with E-state index in [1.165, 1.54) is 17.7 Å². The molecule has 110 valence electrons. The van der Waals surface area contributed by atoms with Crippen LogP contribution >= 0.6 is 0 Å². The van der Waals surface area contributed by atoms with Gasteiger partial charge >= 0.3 is 0 Å². The van der Waals surface area contributed by atoms with E-state index in [1.807, 2.05) is 30.3 Å². The van der Waals surface area contributed by atoms with Gasteiger partial charge in [-0.1, -0.05) is 30.3 Å². The van der Waals surface area contributed by atoms with E-state index < -0.39 is 0 Å². The Morgan fingerprint density at radius 2 is 1.67 bits per heavy atom. The smallest absolute Gasteiger partial charge is 0.221 e. The van der Waals surface area contributed by atoms with Gasteiger partial charge in [0.25, 0.3) is 0 Å². The second kappa shape index (κ2) is 8.04. The predicted octanol–water partition coefficient (Wildman–Crippen LogP) is 2.99. The molecule has 4 heteroatoms. The van der Waals surface area contributed by atoms with Gasteiger partial charge in [0.15, 0.2) is 0 Å². The summed E-state index contributed by atoms with van der Waals surface area (Å²) in [6.07, 6.45) is 1.23. The van der Waals surface area contributed by atoms with Crippen LogP contribution in [-0.2, 0) is 11.2 Å². The highest BCUT2D eigenvalue weighted by molar-refractivity contribution is 5.76. The number of halogens is 1. The van der Waals surface area contributed by atoms with Crippen LogP contribution in [0.25, 0.3) is 0 Å². The van der Waals surface area contributed by atoms with Gasteiger partial charge in [-0.15, -0.1) is 0 Å². The van der Waals surface area contributed by atoms with Gasteiger partial charge in [-0.05, 0) is 36.2 Å². The highest BCUT2D eigenvalue weighted by atomic mass is 19.1. The number of nitrogens with one attached hydrogen (secondary N) is 2. The van der Waals surface area contributed by atoms with Crippen LogP contribution in [0.1, 0.15) is 12.0 Å². The first-order valence-electron chi connectivity index (χ1n) is 7.04. The first-order valence-corrected chi connectivity index (χ1v) is 7.04. The summed E-state index contributed by atoms with van der Waals surface area (Å²) in [6, 6.07) is 16.1. The lowest BCUT2D eigenvalue weighted by atomic mass is 10.1. The van der Waals surface area contributed by atoms with Crippen molar-refractivity contribution in [2.24, 2.45) is 0 Å². The van der Waals surface area contributed by atoms with Crippen molar-refractivity contribution in [1.82, 2.24) is 5.32 Å². The summed E-state index contributed by atoms with van der Waals surface area (Å²) in [5, 5.41) is 5.97. The average Bonchev–Trinajstić information content (AvgIpc) is 2.50. The molecular formula is C17H19FN2O. The van der Waals surface area contributed by atoms with E-state index in [4.69, 9.17) is 0 Å². The van der Waals surface area contributed by atoms with Crippen LogP contribution in [-0.4, -0.2) is 19.0 Å². The molecule has 2 aromatic carbocycles. The Hall–Kier alpha value is -2.36. The Kier molecular flexibility index (Phi) is 5.76. The topological polar surface area (TPSA) is 41.1 Å². The molecule has 0 aliphatic rings. The monoisotopic (exact) mass is 286 g/mol. The van der Waals surface area contributed by atoms with Crippen molar-refractivity contribution in [1.29, 1.82) is 0 Å². The molecule has 3 nitrogen and oxygen atoms in total. The van der Waals surface area contributed by atoms with E-state index >= 15 is 0 Å². The molecule has 0 unspecified atom stereocenters. The quantitative estimate of drug-likeness (QED) is 0.821. The maximum Gasteiger partial charge on any atom is 0.221 e. The number of carbonyl (C=O) groups excluding carboxylic acids is 1. The standard InChI is InChI=1S/C17H19FN2O/c18-15-6-8-16(9-7-15)19-13-11-17(21)20-12-10-14-4-2-1-3-5-14/h1-9,19H,10-13H2,(H,20,21). The molecule has 0 radical (unpaired) electrons. The molecule has 0 bridgehead atoms. The van der Waals surface area contributed by atoms with Gasteiger partial charge in [-0.25, -0.2) is 4.39 Å². The van der Waals surface area contributed by atoms with Crippen molar-refractivity contribution in [2.45, 2.75) is 12.8 Å². The second-order valence-electron chi connectivity index (χ2n) is 4.77. The van der Waals surface area contributed by atoms with Crippen LogP contribution < -0.4 is 10.6 Å². The molecular weight excluding hydrogens is 267 g/mol. The van der Waals surface area contributed by atoms with Crippen LogP contribution in [0.15, 0.2) is 54.6 Å². The van der Waals surface area contributed by atoms with E-state index in [0.717, 1.165) is 12.1 Å². The average molecular weight is 286 g/mol. The molecule has 2 aromatic rings. The van der Waals surface area contributed by atoms with E-state index in [-0.39, 0.29) is 11.7 Å². The molecule has 1 amide bonds. The number of anilines is 1. The fourth-order valence-electron chi connectivity index (χ4n) is 1.97. The number of rotatable bonds is 7. The molecule has 0 saturated heterocycles. The number of hydrogen-bond donors (Lipinski definition) is 2. The molecule has 0 aromatic heterocycles. The molecule has 21 heavy (non-hydrogen) atoms. The first-order chi connectivity index (χ1) is 10.2. The maximum atomic E-state index is 12.7. The maximum absolute atomic E-state index is 12.7. The van der Waals surface area contributed by atoms with Crippen molar-refractivity contribution in [3.05, 3.63) is 66.0 Å². The van der Waals surface area contributed by atoms with E-state index in [1.54, 1.807) is 12.1 Å². The van der Waals surface area contributed by atoms with Crippen LogP contribution in [0.2, 0.25) is 0 Å². The van der Waals surface area contributed by atoms with Gasteiger partial charge < -0.3 is 10.6 Å². The van der Waals surface area contributed by atoms with Crippen molar-refractivity contribution in [3.63, 3.8) is 0 Å². The summed E-state index contributed by atoms with van der Waals surface area (Å²) in [4.78, 5) is 11.7. The minimum absolute atomic E-state index is 0.0144. The van der Waals surface area contributed by atoms with Gasteiger partial charge in [0.1, 0.15) is 5.82 Å². The first kappa shape index (κ1) is 15.0. The normalized spacial score (nSPS) is 10.1. The van der Waals surface area contributed by atoms with Crippen LogP contribution in [0.5, 0.6) is 0 Å². The molecule has 2 N–H and O–H groups in total. The lowest BCUT2D eigenvalue weighted by Crippen LogP contribution is -2.27. The Morgan fingerprint density at radius 1 is 0.952 bits per heavy atom. The zero-order valence-corrected chi connectivity index (χ0v) is 11.8. The largest absolute Gasteiger partial charge is 0.385 e. The zero-order chi connectivity index (χ0) is 14.9. The molecule has 0 saturated carbocycles. The fourth-order valence-corrected chi connectivity index (χ4v) is 1.97. The lowest BCUT2D eigenvalue weighted by molar-refractivity contribution is -0.120. The van der Waals surface area contributed by atoms with Crippen LogP contribution in [0, 0.1) is 5.82 Å². The molecule has 0 aliphatic heterocycles. The highest BCUT2D eigenvalue weighted by Gasteiger charge is 2.01. The zero-order valence-electron chi connectivity index (χ0n) is 11.8. The van der Waals surface area contributed by atoms with Crippen LogP contribution in [0.4, 0.5) is 10.1 Å². The van der Waals surface area contributed by atoms with Gasteiger partial charge in [-0.3, -0.25) is 4.79 Å². The summed E-state index contributed by atoms with van der Waals surface area (Å²) >= 11 is 0. The lowest BCUT2D eigenvalue weighted by Gasteiger charge is -2.07. The summed E-state index contributed by atoms with van der Waals surface area (Å²) in [5.74, 6) is -0.250. The molecule has 2 rings (SSSR count). The van der Waals surface area contributed by atoms with Gasteiger partial charge in [0.05, 0.1) is 0 Å². The Balaban J connectivity index is 1.60. The van der Waals surface area contributed by atoms with Crippen LogP contribution in [0.3, 0.4) is 0 Å². The van der Waals surface area contributed by atoms with Crippen molar-refractivity contribution in [2.75, 3.05) is 18.4 Å². The number of amides is 1. The molecule has 0 atom stereocenters. The van der Waals surface area contributed by atoms with Gasteiger partial charge in [0, 0.05) is 25.2 Å². The van der Waals surface area contributed by atoms with Gasteiger partial charge in [0.2, 0.25) is 5.91 Å². The number of hydrogen-bond acceptors (Lipinski definition) is 2. The third kappa shape index (κ3) is 5.65. The highest BCUT2D eigenvalue weighted by Crippen LogP contribution is 2.07. The number of benzene rings is 2. The summed E-state index contributed by atoms with van der Waals surface area (Å²) in [7, 11) is 0. The van der Waals surface area contributed by atoms with E-state index in [9.17, 15) is 9.18 Å². The van der Waals surface area contributed by atoms with Gasteiger partial charge in [-0.2, -0.15) is 0 Å². The van der Waals surface area contributed by atoms with Crippen molar-refractivity contribution >= 4 is 11.6 Å². The minimum Gasteiger partial charge on any atom is -0.385 e. The Labute approximate surface area is 124 Å². The molecule has 0 heterocycles. The summed E-state index contributed by atoms with van der Waals surface area (Å²) < 4.78 is 12.7. The minimum atomic E-state index is -0.265. The summed E-state index contributed by atoms with van der Waals surface area (Å²) in [5.41, 5.74) is 2.02. The third-order valence-corrected chi connectivity index (χ3v) is 3.10. The van der Waals surface area contributed by atoms with E-state index in [0.29, 0.717) is 19.5 Å². The molecule has 0 fully saturated rings. The molecule has 0 aliphatic carbocycles. The van der Waals surface area contributed by atoms with Crippen molar-refractivity contribution < 1.29 is 9.18 Å². The summed E-state index contributed by atoms with van der Waals surface area (Å²) in [6.45, 7) is 1.17. The third-order valence-electron chi connectivity index (χ3n) is 3.10. The van der Waals surface area contributed by atoms with Crippen molar-refractivity contribution in [3.8, 4) is 0 Å². The number of carbonyl (C=O) groups is 1. The second-order valence-corrected chi connectivity index (χ2v) is 4.77. The molecule has 0 spiro atoms. The Morgan fingerprint density at radius 3 is 2.38 bits per heavy atom.